The van der Waals surface area contributed by atoms with Crippen LogP contribution in [0.5, 0.6) is 0 Å². The van der Waals surface area contributed by atoms with Crippen LogP contribution in [0.3, 0.4) is 0 Å². The van der Waals surface area contributed by atoms with E-state index in [9.17, 15) is 4.39 Å². The van der Waals surface area contributed by atoms with Gasteiger partial charge in [0.05, 0.1) is 11.9 Å². The summed E-state index contributed by atoms with van der Waals surface area (Å²) >= 11 is 0. The third-order valence-corrected chi connectivity index (χ3v) is 2.12. The van der Waals surface area contributed by atoms with Crippen LogP contribution in [-0.2, 0) is 5.67 Å². The van der Waals surface area contributed by atoms with E-state index >= 15 is 0 Å². The van der Waals surface area contributed by atoms with Gasteiger partial charge in [-0.05, 0) is 26.0 Å². The number of nitrogens with zero attached hydrogens (tertiary/aromatic N) is 3. The van der Waals surface area contributed by atoms with E-state index in [4.69, 9.17) is 0 Å². The Labute approximate surface area is 87.5 Å². The molecule has 0 atom stereocenters. The van der Waals surface area contributed by atoms with Crippen molar-refractivity contribution in [1.29, 1.82) is 0 Å². The molecule has 0 N–H and O–H groups in total. The molecule has 0 aliphatic rings. The van der Waals surface area contributed by atoms with Gasteiger partial charge in [-0.3, -0.25) is 0 Å². The zero-order chi connectivity index (χ0) is 10.9. The maximum atomic E-state index is 13.5. The topological polar surface area (TPSA) is 30.7 Å². The summed E-state index contributed by atoms with van der Waals surface area (Å²) in [5, 5.41) is 7.68. The van der Waals surface area contributed by atoms with Crippen molar-refractivity contribution in [2.75, 3.05) is 0 Å². The molecule has 0 saturated carbocycles. The third kappa shape index (κ3) is 2.03. The SMILES string of the molecule is CC(C)(F)c1cn(-c2ccccc2)nn1. The molecule has 4 heteroatoms. The largest absolute Gasteiger partial charge is 0.237 e. The monoisotopic (exact) mass is 205 g/mol. The van der Waals surface area contributed by atoms with Crippen LogP contribution in [0.1, 0.15) is 19.5 Å². The van der Waals surface area contributed by atoms with Crippen molar-refractivity contribution in [3.63, 3.8) is 0 Å². The summed E-state index contributed by atoms with van der Waals surface area (Å²) < 4.78 is 15.1. The van der Waals surface area contributed by atoms with E-state index < -0.39 is 5.67 Å². The molecule has 0 radical (unpaired) electrons. The third-order valence-electron chi connectivity index (χ3n) is 2.12. The Morgan fingerprint density at radius 2 is 1.87 bits per heavy atom. The molecule has 3 nitrogen and oxygen atoms in total. The summed E-state index contributed by atoms with van der Waals surface area (Å²) in [6.45, 7) is 2.93. The minimum Gasteiger partial charge on any atom is -0.237 e. The van der Waals surface area contributed by atoms with Gasteiger partial charge in [0.25, 0.3) is 0 Å². The summed E-state index contributed by atoms with van der Waals surface area (Å²) in [6.07, 6.45) is 1.61. The Kier molecular flexibility index (Phi) is 2.26. The molecule has 15 heavy (non-hydrogen) atoms. The number of hydrogen-bond acceptors (Lipinski definition) is 2. The van der Waals surface area contributed by atoms with Crippen LogP contribution in [0.15, 0.2) is 36.5 Å². The minimum absolute atomic E-state index is 0.339. The number of alkyl halides is 1. The van der Waals surface area contributed by atoms with Crippen molar-refractivity contribution in [2.45, 2.75) is 19.5 Å². The lowest BCUT2D eigenvalue weighted by atomic mass is 10.1. The Hall–Kier alpha value is -1.71. The predicted molar refractivity (Wildman–Crippen MR) is 55.5 cm³/mol. The van der Waals surface area contributed by atoms with E-state index in [1.54, 1.807) is 10.9 Å². The van der Waals surface area contributed by atoms with Gasteiger partial charge < -0.3 is 0 Å². The van der Waals surface area contributed by atoms with E-state index in [0.717, 1.165) is 5.69 Å². The first kappa shape index (κ1) is 9.83. The van der Waals surface area contributed by atoms with E-state index in [-0.39, 0.29) is 0 Å². The quantitative estimate of drug-likeness (QED) is 0.754. The van der Waals surface area contributed by atoms with Crippen LogP contribution in [-0.4, -0.2) is 15.0 Å². The number of para-hydroxylation sites is 1. The molecule has 1 heterocycles. The van der Waals surface area contributed by atoms with Crippen LogP contribution in [0.25, 0.3) is 5.69 Å². The molecule has 0 saturated heterocycles. The molecule has 0 unspecified atom stereocenters. The maximum absolute atomic E-state index is 13.5. The highest BCUT2D eigenvalue weighted by Gasteiger charge is 2.22. The highest BCUT2D eigenvalue weighted by molar-refractivity contribution is 5.30. The van der Waals surface area contributed by atoms with Crippen molar-refractivity contribution in [1.82, 2.24) is 15.0 Å². The number of halogens is 1. The fraction of sp³-hybridized carbons (Fsp3) is 0.273. The Bertz CT molecular complexity index is 442. The first-order valence-electron chi connectivity index (χ1n) is 4.74. The molecule has 1 aromatic heterocycles. The molecule has 2 aromatic rings. The second-order valence-corrected chi connectivity index (χ2v) is 3.86. The van der Waals surface area contributed by atoms with Crippen molar-refractivity contribution >= 4 is 0 Å². The highest BCUT2D eigenvalue weighted by atomic mass is 19.1. The van der Waals surface area contributed by atoms with Crippen molar-refractivity contribution in [2.24, 2.45) is 0 Å². The van der Waals surface area contributed by atoms with E-state index in [2.05, 4.69) is 10.3 Å². The molecular weight excluding hydrogens is 193 g/mol. The molecular formula is C11H12FN3. The van der Waals surface area contributed by atoms with Crippen LogP contribution in [0, 0.1) is 0 Å². The van der Waals surface area contributed by atoms with Gasteiger partial charge in [0.15, 0.2) is 5.67 Å². The van der Waals surface area contributed by atoms with Gasteiger partial charge in [0.2, 0.25) is 0 Å². The van der Waals surface area contributed by atoms with Crippen molar-refractivity contribution in [3.05, 3.63) is 42.2 Å². The van der Waals surface area contributed by atoms with Crippen molar-refractivity contribution in [3.8, 4) is 5.69 Å². The lowest BCUT2D eigenvalue weighted by Gasteiger charge is -2.07. The fourth-order valence-corrected chi connectivity index (χ4v) is 1.24. The average Bonchev–Trinajstić information content (AvgIpc) is 2.67. The summed E-state index contributed by atoms with van der Waals surface area (Å²) in [7, 11) is 0. The number of aromatic nitrogens is 3. The van der Waals surface area contributed by atoms with Crippen LogP contribution < -0.4 is 0 Å². The smallest absolute Gasteiger partial charge is 0.150 e. The fourth-order valence-electron chi connectivity index (χ4n) is 1.24. The molecule has 0 aliphatic heterocycles. The summed E-state index contributed by atoms with van der Waals surface area (Å²) in [5.41, 5.74) is -0.237. The summed E-state index contributed by atoms with van der Waals surface area (Å²) in [5.74, 6) is 0. The first-order chi connectivity index (χ1) is 7.07. The predicted octanol–water partition coefficient (Wildman–Crippen LogP) is 2.47. The second-order valence-electron chi connectivity index (χ2n) is 3.86. The summed E-state index contributed by atoms with van der Waals surface area (Å²) in [4.78, 5) is 0. The van der Waals surface area contributed by atoms with Crippen LogP contribution in [0.2, 0.25) is 0 Å². The Morgan fingerprint density at radius 3 is 2.40 bits per heavy atom. The summed E-state index contributed by atoms with van der Waals surface area (Å²) in [6, 6.07) is 9.50. The van der Waals surface area contributed by atoms with Crippen LogP contribution in [0.4, 0.5) is 4.39 Å². The number of benzene rings is 1. The average molecular weight is 205 g/mol. The zero-order valence-corrected chi connectivity index (χ0v) is 8.68. The Balaban J connectivity index is 2.37. The number of hydrogen-bond donors (Lipinski definition) is 0. The van der Waals surface area contributed by atoms with Gasteiger partial charge in [-0.15, -0.1) is 5.10 Å². The molecule has 2 rings (SSSR count). The molecule has 0 fully saturated rings. The van der Waals surface area contributed by atoms with Gasteiger partial charge in [-0.2, -0.15) is 0 Å². The van der Waals surface area contributed by atoms with E-state index in [1.165, 1.54) is 13.8 Å². The minimum atomic E-state index is -1.45. The molecule has 0 amide bonds. The normalized spacial score (nSPS) is 11.7. The van der Waals surface area contributed by atoms with Crippen molar-refractivity contribution < 1.29 is 4.39 Å². The lowest BCUT2D eigenvalue weighted by Crippen LogP contribution is -2.09. The highest BCUT2D eigenvalue weighted by Crippen LogP contribution is 2.22. The molecule has 78 valence electrons. The Morgan fingerprint density at radius 1 is 1.20 bits per heavy atom. The van der Waals surface area contributed by atoms with Crippen LogP contribution >= 0.6 is 0 Å². The molecule has 0 bridgehead atoms. The standard InChI is InChI=1S/C11H12FN3/c1-11(2,12)10-8-15(14-13-10)9-6-4-3-5-7-9/h3-8H,1-2H3. The van der Waals surface area contributed by atoms with Gasteiger partial charge in [0, 0.05) is 0 Å². The van der Waals surface area contributed by atoms with Gasteiger partial charge in [-0.25, -0.2) is 9.07 Å². The maximum Gasteiger partial charge on any atom is 0.150 e. The van der Waals surface area contributed by atoms with E-state index in [1.807, 2.05) is 30.3 Å². The van der Waals surface area contributed by atoms with E-state index in [0.29, 0.717) is 5.69 Å². The van der Waals surface area contributed by atoms with Gasteiger partial charge >= 0.3 is 0 Å². The molecule has 0 aliphatic carbocycles. The first-order valence-corrected chi connectivity index (χ1v) is 4.74. The molecule has 0 spiro atoms. The number of rotatable bonds is 2. The lowest BCUT2D eigenvalue weighted by molar-refractivity contribution is 0.214. The zero-order valence-electron chi connectivity index (χ0n) is 8.68. The second kappa shape index (κ2) is 3.46. The molecule has 1 aromatic carbocycles. The van der Waals surface area contributed by atoms with Gasteiger partial charge in [0.1, 0.15) is 5.69 Å². The van der Waals surface area contributed by atoms with Gasteiger partial charge in [-0.1, -0.05) is 23.4 Å².